The van der Waals surface area contributed by atoms with Crippen molar-refractivity contribution in [3.8, 4) is 17.0 Å². The molecule has 0 bridgehead atoms. The van der Waals surface area contributed by atoms with Crippen molar-refractivity contribution in [2.24, 2.45) is 7.05 Å². The number of carbonyl (C=O) groups excluding carboxylic acids is 1. The predicted octanol–water partition coefficient (Wildman–Crippen LogP) is 5.02. The van der Waals surface area contributed by atoms with Gasteiger partial charge in [-0.05, 0) is 48.9 Å². The lowest BCUT2D eigenvalue weighted by atomic mass is 10.1. The zero-order chi connectivity index (χ0) is 24.1. The Labute approximate surface area is 193 Å². The van der Waals surface area contributed by atoms with Crippen molar-refractivity contribution in [3.05, 3.63) is 84.6 Å². The first-order valence-electron chi connectivity index (χ1n) is 10.5. The number of halogens is 3. The molecule has 0 fully saturated rings. The number of anilines is 1. The number of aromatic nitrogens is 4. The van der Waals surface area contributed by atoms with E-state index in [0.29, 0.717) is 23.6 Å². The van der Waals surface area contributed by atoms with Crippen LogP contribution in [0.1, 0.15) is 22.3 Å². The maximum absolute atomic E-state index is 13.0. The molecule has 34 heavy (non-hydrogen) atoms. The summed E-state index contributed by atoms with van der Waals surface area (Å²) >= 11 is 0. The van der Waals surface area contributed by atoms with Gasteiger partial charge in [0.15, 0.2) is 0 Å². The molecule has 0 atom stereocenters. The van der Waals surface area contributed by atoms with Gasteiger partial charge >= 0.3 is 6.18 Å². The Balaban J connectivity index is 1.52. The summed E-state index contributed by atoms with van der Waals surface area (Å²) in [7, 11) is 1.78. The monoisotopic (exact) mass is 469 g/mol. The molecule has 0 aliphatic heterocycles. The van der Waals surface area contributed by atoms with Gasteiger partial charge in [-0.25, -0.2) is 4.98 Å². The van der Waals surface area contributed by atoms with E-state index >= 15 is 0 Å². The number of ether oxygens (including phenoxy) is 1. The van der Waals surface area contributed by atoms with E-state index < -0.39 is 17.6 Å². The van der Waals surface area contributed by atoms with Gasteiger partial charge < -0.3 is 14.6 Å². The fourth-order valence-electron chi connectivity index (χ4n) is 3.46. The molecular weight excluding hydrogens is 447 g/mol. The molecule has 0 saturated heterocycles. The Morgan fingerprint density at radius 1 is 1.12 bits per heavy atom. The molecule has 1 N–H and O–H groups in total. The van der Waals surface area contributed by atoms with Crippen molar-refractivity contribution in [2.45, 2.75) is 19.1 Å². The van der Waals surface area contributed by atoms with Gasteiger partial charge in [-0.1, -0.05) is 6.07 Å². The minimum Gasteiger partial charge on any atom is -0.493 e. The highest BCUT2D eigenvalue weighted by molar-refractivity contribution is 6.04. The number of nitrogens with zero attached hydrogens (tertiary/aromatic N) is 4. The number of alkyl halides is 3. The molecular formula is C24H22F3N5O2. The Bertz CT molecular complexity index is 1270. The highest BCUT2D eigenvalue weighted by Gasteiger charge is 2.30. The van der Waals surface area contributed by atoms with E-state index in [0.717, 1.165) is 30.8 Å². The number of aryl methyl sites for hydroxylation is 2. The van der Waals surface area contributed by atoms with Crippen LogP contribution in [0.2, 0.25) is 0 Å². The van der Waals surface area contributed by atoms with E-state index in [1.165, 1.54) is 12.1 Å². The Morgan fingerprint density at radius 2 is 1.97 bits per heavy atom. The van der Waals surface area contributed by atoms with Crippen molar-refractivity contribution in [3.63, 3.8) is 0 Å². The number of amides is 1. The van der Waals surface area contributed by atoms with Gasteiger partial charge in [0.1, 0.15) is 5.75 Å². The molecule has 0 aliphatic rings. The van der Waals surface area contributed by atoms with Gasteiger partial charge in [0, 0.05) is 49.0 Å². The highest BCUT2D eigenvalue weighted by atomic mass is 19.4. The first kappa shape index (κ1) is 23.1. The standard InChI is InChI=1S/C24H22F3N5O2/c1-31-21(8-9-29-31)20-15-19(6-7-22(20)34-13-3-11-32-12-10-28-16-32)30-23(33)17-4-2-5-18(14-17)24(25,26)27/h2,4-10,12,14-16H,3,11,13H2,1H3,(H,30,33). The van der Waals surface area contributed by atoms with Crippen molar-refractivity contribution in [2.75, 3.05) is 11.9 Å². The van der Waals surface area contributed by atoms with Crippen molar-refractivity contribution < 1.29 is 22.7 Å². The summed E-state index contributed by atoms with van der Waals surface area (Å²) in [4.78, 5) is 16.6. The van der Waals surface area contributed by atoms with E-state index in [4.69, 9.17) is 4.74 Å². The zero-order valence-electron chi connectivity index (χ0n) is 18.3. The smallest absolute Gasteiger partial charge is 0.416 e. The van der Waals surface area contributed by atoms with Crippen LogP contribution in [-0.2, 0) is 19.8 Å². The first-order valence-corrected chi connectivity index (χ1v) is 10.5. The SMILES string of the molecule is Cn1nccc1-c1cc(NC(=O)c2cccc(C(F)(F)F)c2)ccc1OCCCn1ccnc1. The van der Waals surface area contributed by atoms with Crippen LogP contribution in [0.25, 0.3) is 11.3 Å². The second-order valence-corrected chi connectivity index (χ2v) is 7.59. The normalized spacial score (nSPS) is 11.4. The maximum atomic E-state index is 13.0. The number of rotatable bonds is 8. The van der Waals surface area contributed by atoms with Gasteiger partial charge in [0.2, 0.25) is 0 Å². The summed E-state index contributed by atoms with van der Waals surface area (Å²) in [6.07, 6.45) is 3.21. The summed E-state index contributed by atoms with van der Waals surface area (Å²) in [5, 5.41) is 6.86. The molecule has 0 unspecified atom stereocenters. The molecule has 4 rings (SSSR count). The van der Waals surface area contributed by atoms with Gasteiger partial charge in [-0.3, -0.25) is 9.48 Å². The van der Waals surface area contributed by atoms with E-state index in [9.17, 15) is 18.0 Å². The summed E-state index contributed by atoms with van der Waals surface area (Å²) in [5.74, 6) is -0.0395. The van der Waals surface area contributed by atoms with E-state index in [2.05, 4.69) is 15.4 Å². The van der Waals surface area contributed by atoms with Gasteiger partial charge in [-0.15, -0.1) is 0 Å². The third-order valence-electron chi connectivity index (χ3n) is 5.16. The summed E-state index contributed by atoms with van der Waals surface area (Å²) in [6, 6.07) is 11.2. The molecule has 7 nitrogen and oxygen atoms in total. The number of hydrogen-bond donors (Lipinski definition) is 1. The van der Waals surface area contributed by atoms with Crippen LogP contribution in [0.4, 0.5) is 18.9 Å². The van der Waals surface area contributed by atoms with Crippen LogP contribution < -0.4 is 10.1 Å². The van der Waals surface area contributed by atoms with E-state index in [1.807, 2.05) is 16.8 Å². The molecule has 10 heteroatoms. The molecule has 0 spiro atoms. The minimum absolute atomic E-state index is 0.0864. The summed E-state index contributed by atoms with van der Waals surface area (Å²) in [5.41, 5.74) is 0.917. The average molecular weight is 469 g/mol. The minimum atomic E-state index is -4.53. The molecule has 0 aliphatic carbocycles. The molecule has 2 aromatic heterocycles. The van der Waals surface area contributed by atoms with Crippen LogP contribution in [0, 0.1) is 0 Å². The van der Waals surface area contributed by atoms with Crippen molar-refractivity contribution in [1.29, 1.82) is 0 Å². The molecule has 1 amide bonds. The third kappa shape index (κ3) is 5.45. The molecule has 2 aromatic carbocycles. The van der Waals surface area contributed by atoms with Gasteiger partial charge in [-0.2, -0.15) is 18.3 Å². The molecule has 2 heterocycles. The van der Waals surface area contributed by atoms with E-state index in [-0.39, 0.29) is 5.56 Å². The molecule has 4 aromatic rings. The largest absolute Gasteiger partial charge is 0.493 e. The summed E-state index contributed by atoms with van der Waals surface area (Å²) < 4.78 is 48.6. The van der Waals surface area contributed by atoms with Crippen LogP contribution in [0.3, 0.4) is 0 Å². The Hall–Kier alpha value is -4.08. The third-order valence-corrected chi connectivity index (χ3v) is 5.16. The van der Waals surface area contributed by atoms with Crippen molar-refractivity contribution in [1.82, 2.24) is 19.3 Å². The topological polar surface area (TPSA) is 74.0 Å². The van der Waals surface area contributed by atoms with Crippen molar-refractivity contribution >= 4 is 11.6 Å². The van der Waals surface area contributed by atoms with Gasteiger partial charge in [0.05, 0.1) is 24.2 Å². The van der Waals surface area contributed by atoms with Crippen LogP contribution >= 0.6 is 0 Å². The second-order valence-electron chi connectivity index (χ2n) is 7.59. The number of hydrogen-bond acceptors (Lipinski definition) is 4. The second kappa shape index (κ2) is 9.82. The fraction of sp³-hybridized carbons (Fsp3) is 0.208. The van der Waals surface area contributed by atoms with E-state index in [1.54, 1.807) is 48.6 Å². The quantitative estimate of drug-likeness (QED) is 0.368. The number of benzene rings is 2. The number of nitrogens with one attached hydrogen (secondary N) is 1. The highest BCUT2D eigenvalue weighted by Crippen LogP contribution is 2.33. The lowest BCUT2D eigenvalue weighted by Gasteiger charge is -2.15. The molecule has 0 radical (unpaired) electrons. The van der Waals surface area contributed by atoms with Crippen LogP contribution in [0.5, 0.6) is 5.75 Å². The predicted molar refractivity (Wildman–Crippen MR) is 120 cm³/mol. The average Bonchev–Trinajstić information content (AvgIpc) is 3.48. The fourth-order valence-corrected chi connectivity index (χ4v) is 3.46. The molecule has 176 valence electrons. The first-order chi connectivity index (χ1) is 16.3. The van der Waals surface area contributed by atoms with Gasteiger partial charge in [0.25, 0.3) is 5.91 Å². The zero-order valence-corrected chi connectivity index (χ0v) is 18.3. The van der Waals surface area contributed by atoms with Crippen LogP contribution in [-0.4, -0.2) is 31.8 Å². The summed E-state index contributed by atoms with van der Waals surface area (Å²) in [6.45, 7) is 1.21. The Morgan fingerprint density at radius 3 is 2.68 bits per heavy atom. The van der Waals surface area contributed by atoms with Crippen LogP contribution in [0.15, 0.2) is 73.4 Å². The number of carbonyl (C=O) groups is 1. The Kier molecular flexibility index (Phi) is 6.67. The number of imidazole rings is 1. The lowest BCUT2D eigenvalue weighted by Crippen LogP contribution is -2.14. The maximum Gasteiger partial charge on any atom is 0.416 e. The lowest BCUT2D eigenvalue weighted by molar-refractivity contribution is -0.137. The molecule has 0 saturated carbocycles.